The van der Waals surface area contributed by atoms with E-state index < -0.39 is 0 Å². The van der Waals surface area contributed by atoms with E-state index in [1.807, 2.05) is 0 Å². The van der Waals surface area contributed by atoms with Crippen molar-refractivity contribution in [3.63, 3.8) is 0 Å². The molecular weight excluding hydrogens is 204 g/mol. The number of rotatable bonds is 0. The molecule has 2 aromatic rings. The van der Waals surface area contributed by atoms with Crippen LogP contribution in [0.4, 0.5) is 0 Å². The molecule has 4 heteroatoms. The summed E-state index contributed by atoms with van der Waals surface area (Å²) in [6, 6.07) is 3.76. The van der Waals surface area contributed by atoms with Crippen molar-refractivity contribution in [3.05, 3.63) is 22.4 Å². The summed E-state index contributed by atoms with van der Waals surface area (Å²) in [5, 5.41) is 11.7. The fraction of sp³-hybridized carbons (Fsp3) is 0.111. The highest BCUT2D eigenvalue weighted by atomic mass is 32.1. The summed E-state index contributed by atoms with van der Waals surface area (Å²) in [4.78, 5) is 2.30. The van der Waals surface area contributed by atoms with Crippen molar-refractivity contribution in [1.29, 1.82) is 0 Å². The van der Waals surface area contributed by atoms with Crippen molar-refractivity contribution in [2.24, 2.45) is 0 Å². The summed E-state index contributed by atoms with van der Waals surface area (Å²) < 4.78 is 5.49. The lowest BCUT2D eigenvalue weighted by Gasteiger charge is -2.12. The summed E-state index contributed by atoms with van der Waals surface area (Å²) in [5.41, 5.74) is 1.22. The lowest BCUT2D eigenvalue weighted by atomic mass is 10.2. The number of thiophene rings is 2. The molecule has 1 aliphatic rings. The van der Waals surface area contributed by atoms with Gasteiger partial charge in [0.05, 0.1) is 9.75 Å². The van der Waals surface area contributed by atoms with Gasteiger partial charge in [0.2, 0.25) is 0 Å². The zero-order valence-electron chi connectivity index (χ0n) is 6.61. The Bertz CT molecular complexity index is 456. The van der Waals surface area contributed by atoms with Gasteiger partial charge in [-0.15, -0.1) is 11.3 Å². The maximum atomic E-state index is 9.33. The van der Waals surface area contributed by atoms with Crippen LogP contribution in [-0.4, -0.2) is 5.11 Å². The minimum Gasteiger partial charge on any atom is -0.499 e. The fourth-order valence-corrected chi connectivity index (χ4v) is 3.21. The third-order valence-electron chi connectivity index (χ3n) is 2.03. The predicted molar refractivity (Wildman–Crippen MR) is 53.6 cm³/mol. The number of aromatic hydroxyl groups is 1. The number of fused-ring (bicyclic) bond motifs is 3. The quantitative estimate of drug-likeness (QED) is 0.724. The van der Waals surface area contributed by atoms with E-state index in [1.54, 1.807) is 17.4 Å². The second-order valence-electron chi connectivity index (χ2n) is 2.82. The first kappa shape index (κ1) is 7.41. The van der Waals surface area contributed by atoms with Crippen molar-refractivity contribution in [2.45, 2.75) is 6.61 Å². The SMILES string of the molecule is Oc1cc2c(s1)-c1ccsc1CO2. The van der Waals surface area contributed by atoms with Crippen LogP contribution >= 0.6 is 22.7 Å². The molecule has 66 valence electrons. The normalized spacial score (nSPS) is 13.2. The Morgan fingerprint density at radius 3 is 3.31 bits per heavy atom. The van der Waals surface area contributed by atoms with Gasteiger partial charge in [0.25, 0.3) is 0 Å². The van der Waals surface area contributed by atoms with Crippen LogP contribution in [0.2, 0.25) is 0 Å². The van der Waals surface area contributed by atoms with Crippen LogP contribution in [0.25, 0.3) is 10.4 Å². The Kier molecular flexibility index (Phi) is 1.42. The molecule has 1 N–H and O–H groups in total. The molecule has 1 aliphatic heterocycles. The zero-order chi connectivity index (χ0) is 8.84. The van der Waals surface area contributed by atoms with Gasteiger partial charge in [0.1, 0.15) is 12.4 Å². The monoisotopic (exact) mass is 210 g/mol. The highest BCUT2D eigenvalue weighted by molar-refractivity contribution is 7.18. The molecule has 13 heavy (non-hydrogen) atoms. The van der Waals surface area contributed by atoms with Crippen LogP contribution in [0.1, 0.15) is 4.88 Å². The lowest BCUT2D eigenvalue weighted by Crippen LogP contribution is -1.99. The smallest absolute Gasteiger partial charge is 0.175 e. The lowest BCUT2D eigenvalue weighted by molar-refractivity contribution is 0.307. The third-order valence-corrected chi connectivity index (χ3v) is 3.88. The van der Waals surface area contributed by atoms with Gasteiger partial charge in [-0.25, -0.2) is 0 Å². The van der Waals surface area contributed by atoms with Gasteiger partial charge in [-0.1, -0.05) is 11.3 Å². The molecule has 0 saturated heterocycles. The van der Waals surface area contributed by atoms with Crippen molar-refractivity contribution < 1.29 is 9.84 Å². The largest absolute Gasteiger partial charge is 0.499 e. The Hall–Kier alpha value is -1.00. The van der Waals surface area contributed by atoms with Crippen LogP contribution in [-0.2, 0) is 6.61 Å². The first-order valence-corrected chi connectivity index (χ1v) is 5.56. The highest BCUT2D eigenvalue weighted by Crippen LogP contribution is 2.47. The van der Waals surface area contributed by atoms with Gasteiger partial charge in [0, 0.05) is 11.6 Å². The van der Waals surface area contributed by atoms with E-state index >= 15 is 0 Å². The first-order chi connectivity index (χ1) is 6.34. The average Bonchev–Trinajstić information content (AvgIpc) is 2.65. The number of ether oxygens (including phenoxy) is 1. The molecule has 0 spiro atoms. The topological polar surface area (TPSA) is 29.5 Å². The van der Waals surface area contributed by atoms with E-state index in [1.165, 1.54) is 21.8 Å². The number of hydrogen-bond acceptors (Lipinski definition) is 4. The summed E-state index contributed by atoms with van der Waals surface area (Å²) in [7, 11) is 0. The molecule has 3 rings (SSSR count). The van der Waals surface area contributed by atoms with Gasteiger partial charge in [-0.2, -0.15) is 0 Å². The van der Waals surface area contributed by atoms with Crippen LogP contribution in [0.3, 0.4) is 0 Å². The molecule has 0 radical (unpaired) electrons. The molecule has 0 bridgehead atoms. The molecule has 3 heterocycles. The Balaban J connectivity index is 2.29. The maximum Gasteiger partial charge on any atom is 0.175 e. The minimum absolute atomic E-state index is 0.323. The van der Waals surface area contributed by atoms with Crippen LogP contribution in [0.15, 0.2) is 17.5 Å². The summed E-state index contributed by atoms with van der Waals surface area (Å²) in [6.45, 7) is 0.635. The van der Waals surface area contributed by atoms with Gasteiger partial charge in [0.15, 0.2) is 5.06 Å². The molecule has 0 aliphatic carbocycles. The minimum atomic E-state index is 0.323. The van der Waals surface area contributed by atoms with E-state index in [-0.39, 0.29) is 0 Å². The molecule has 2 nitrogen and oxygen atoms in total. The Morgan fingerprint density at radius 2 is 2.38 bits per heavy atom. The average molecular weight is 210 g/mol. The van der Waals surface area contributed by atoms with E-state index in [4.69, 9.17) is 4.74 Å². The second-order valence-corrected chi connectivity index (χ2v) is 4.86. The Labute approximate surface area is 83.0 Å². The molecular formula is C9H6O2S2. The van der Waals surface area contributed by atoms with Crippen molar-refractivity contribution in [2.75, 3.05) is 0 Å². The number of hydrogen-bond donors (Lipinski definition) is 1. The van der Waals surface area contributed by atoms with Crippen molar-refractivity contribution in [1.82, 2.24) is 0 Å². The van der Waals surface area contributed by atoms with Gasteiger partial charge < -0.3 is 9.84 Å². The second kappa shape index (κ2) is 2.49. The highest BCUT2D eigenvalue weighted by Gasteiger charge is 2.21. The maximum absolute atomic E-state index is 9.33. The van der Waals surface area contributed by atoms with E-state index in [9.17, 15) is 5.11 Å². The zero-order valence-corrected chi connectivity index (χ0v) is 8.24. The van der Waals surface area contributed by atoms with E-state index in [0.717, 1.165) is 10.6 Å². The fourth-order valence-electron chi connectivity index (χ4n) is 1.45. The first-order valence-electron chi connectivity index (χ1n) is 3.87. The van der Waals surface area contributed by atoms with E-state index in [2.05, 4.69) is 11.4 Å². The molecule has 0 unspecified atom stereocenters. The van der Waals surface area contributed by atoms with Crippen molar-refractivity contribution in [3.8, 4) is 21.3 Å². The summed E-state index contributed by atoms with van der Waals surface area (Å²) in [5.74, 6) is 0.813. The Morgan fingerprint density at radius 1 is 1.46 bits per heavy atom. The standard InChI is InChI=1S/C9H6O2S2/c10-8-3-6-9(13-8)5-1-2-12-7(5)4-11-6/h1-3,10H,4H2. The third kappa shape index (κ3) is 0.990. The van der Waals surface area contributed by atoms with Gasteiger partial charge in [-0.3, -0.25) is 0 Å². The molecule has 2 aromatic heterocycles. The molecule has 0 atom stereocenters. The molecule has 0 fully saturated rings. The van der Waals surface area contributed by atoms with Gasteiger partial charge >= 0.3 is 0 Å². The molecule has 0 saturated carbocycles. The molecule has 0 aromatic carbocycles. The van der Waals surface area contributed by atoms with Crippen LogP contribution in [0.5, 0.6) is 10.8 Å². The van der Waals surface area contributed by atoms with E-state index in [0.29, 0.717) is 11.7 Å². The van der Waals surface area contributed by atoms with Crippen LogP contribution in [0, 0.1) is 0 Å². The van der Waals surface area contributed by atoms with Gasteiger partial charge in [-0.05, 0) is 11.4 Å². The summed E-state index contributed by atoms with van der Waals surface area (Å²) in [6.07, 6.45) is 0. The van der Waals surface area contributed by atoms with Crippen molar-refractivity contribution >= 4 is 22.7 Å². The van der Waals surface area contributed by atoms with Crippen LogP contribution < -0.4 is 4.74 Å². The summed E-state index contributed by atoms with van der Waals surface area (Å²) >= 11 is 3.07. The molecule has 0 amide bonds. The predicted octanol–water partition coefficient (Wildman–Crippen LogP) is 3.07.